The Balaban J connectivity index is 1.38. The highest BCUT2D eigenvalue weighted by molar-refractivity contribution is 7.13. The third kappa shape index (κ3) is 6.78. The summed E-state index contributed by atoms with van der Waals surface area (Å²) in [5.41, 5.74) is 4.41. The molecule has 39 heavy (non-hydrogen) atoms. The summed E-state index contributed by atoms with van der Waals surface area (Å²) in [4.78, 5) is 56.7. The molecule has 0 aromatic carbocycles. The third-order valence-electron chi connectivity index (χ3n) is 5.92. The van der Waals surface area contributed by atoms with E-state index >= 15 is 0 Å². The van der Waals surface area contributed by atoms with Gasteiger partial charge in [-0.1, -0.05) is 18.5 Å². The number of anilines is 2. The van der Waals surface area contributed by atoms with Gasteiger partial charge in [0.15, 0.2) is 5.78 Å². The minimum Gasteiger partial charge on any atom is -0.353 e. The number of carbonyl (C=O) groups excluding carboxylic acids is 3. The fourth-order valence-electron chi connectivity index (χ4n) is 3.82. The molecule has 0 saturated carbocycles. The van der Waals surface area contributed by atoms with Crippen molar-refractivity contribution in [2.75, 3.05) is 36.4 Å². The number of thiazole rings is 1. The molecule has 3 aromatic heterocycles. The number of amides is 3. The summed E-state index contributed by atoms with van der Waals surface area (Å²) in [6.07, 6.45) is -1.26. The van der Waals surface area contributed by atoms with Crippen molar-refractivity contribution in [3.8, 4) is 0 Å². The summed E-state index contributed by atoms with van der Waals surface area (Å²) in [6.45, 7) is 3.67. The van der Waals surface area contributed by atoms with E-state index in [0.29, 0.717) is 43.1 Å². The van der Waals surface area contributed by atoms with Gasteiger partial charge in [0, 0.05) is 50.8 Å². The van der Waals surface area contributed by atoms with E-state index in [2.05, 4.69) is 25.3 Å². The summed E-state index contributed by atoms with van der Waals surface area (Å²) in [5.74, 6) is -1.08. The van der Waals surface area contributed by atoms with Crippen molar-refractivity contribution in [2.24, 2.45) is 5.73 Å². The Bertz CT molecular complexity index is 1390. The fraction of sp³-hybridized carbons (Fsp3) is 0.348. The topological polar surface area (TPSA) is 147 Å². The summed E-state index contributed by atoms with van der Waals surface area (Å²) in [7, 11) is 0. The lowest BCUT2D eigenvalue weighted by atomic mass is 10.0. The predicted molar refractivity (Wildman–Crippen MR) is 137 cm³/mol. The van der Waals surface area contributed by atoms with E-state index in [1.165, 1.54) is 17.4 Å². The van der Waals surface area contributed by atoms with Crippen LogP contribution in [0.5, 0.6) is 0 Å². The van der Waals surface area contributed by atoms with Crippen LogP contribution in [0.15, 0.2) is 30.9 Å². The number of nitrogens with zero attached hydrogens (tertiary/aromatic N) is 6. The first-order valence-electron chi connectivity index (χ1n) is 11.6. The molecule has 1 atom stereocenters. The summed E-state index contributed by atoms with van der Waals surface area (Å²) < 4.78 is 39.2. The van der Waals surface area contributed by atoms with Crippen LogP contribution in [0.1, 0.15) is 50.0 Å². The molecule has 4 heterocycles. The van der Waals surface area contributed by atoms with E-state index in [-0.39, 0.29) is 34.5 Å². The molecule has 0 bridgehead atoms. The Hall–Kier alpha value is -3.85. The molecule has 11 nitrogen and oxygen atoms in total. The van der Waals surface area contributed by atoms with E-state index in [4.69, 9.17) is 17.3 Å². The number of rotatable bonds is 7. The van der Waals surface area contributed by atoms with Gasteiger partial charge < -0.3 is 20.9 Å². The molecule has 0 radical (unpaired) electrons. The van der Waals surface area contributed by atoms with Crippen LogP contribution in [0.2, 0.25) is 5.02 Å². The first-order chi connectivity index (χ1) is 18.4. The highest BCUT2D eigenvalue weighted by Gasteiger charge is 2.34. The number of Topliss-reactive ketones (excluding diaryl/α,β-unsaturated/α-hetero) is 1. The van der Waals surface area contributed by atoms with Crippen LogP contribution in [0.4, 0.5) is 29.6 Å². The van der Waals surface area contributed by atoms with Crippen LogP contribution in [0.25, 0.3) is 0 Å². The number of halogens is 4. The normalized spacial score (nSPS) is 14.7. The van der Waals surface area contributed by atoms with Gasteiger partial charge in [-0.15, -0.1) is 11.3 Å². The van der Waals surface area contributed by atoms with Crippen molar-refractivity contribution in [3.05, 3.63) is 57.0 Å². The predicted octanol–water partition coefficient (Wildman–Crippen LogP) is 3.83. The maximum absolute atomic E-state index is 13.1. The van der Waals surface area contributed by atoms with Crippen molar-refractivity contribution >= 4 is 52.3 Å². The number of piperazine rings is 1. The number of nitrogens with two attached hydrogens (primary N) is 1. The van der Waals surface area contributed by atoms with Crippen LogP contribution >= 0.6 is 22.9 Å². The molecule has 0 unspecified atom stereocenters. The van der Waals surface area contributed by atoms with Gasteiger partial charge >= 0.3 is 12.2 Å². The largest absolute Gasteiger partial charge is 0.418 e. The second kappa shape index (κ2) is 11.5. The van der Waals surface area contributed by atoms with Crippen LogP contribution in [0, 0.1) is 0 Å². The van der Waals surface area contributed by atoms with Gasteiger partial charge in [-0.2, -0.15) is 13.2 Å². The highest BCUT2D eigenvalue weighted by Crippen LogP contribution is 2.35. The minimum absolute atomic E-state index is 0.0498. The van der Waals surface area contributed by atoms with E-state index in [1.54, 1.807) is 13.0 Å². The molecule has 0 aliphatic carbocycles. The smallest absolute Gasteiger partial charge is 0.353 e. The molecule has 1 saturated heterocycles. The SMILES string of the molecule is C[C@@H](CC(=O)c1cc(N2CCN(C(N)=O)CC2)ncn1)c1ncc(C(=O)Nc2cc(C(F)(F)F)c(Cl)cn2)s1. The van der Waals surface area contributed by atoms with Gasteiger partial charge in [-0.05, 0) is 6.07 Å². The monoisotopic (exact) mass is 582 g/mol. The molecule has 1 aliphatic heterocycles. The molecule has 16 heteroatoms. The molecule has 4 rings (SSSR count). The number of primary amides is 1. The van der Waals surface area contributed by atoms with E-state index in [9.17, 15) is 27.6 Å². The Kier molecular flexibility index (Phi) is 8.30. The summed E-state index contributed by atoms with van der Waals surface area (Å²) >= 11 is 6.58. The number of nitrogens with one attached hydrogen (secondary N) is 1. The van der Waals surface area contributed by atoms with Crippen molar-refractivity contribution in [2.45, 2.75) is 25.4 Å². The van der Waals surface area contributed by atoms with Crippen LogP contribution in [-0.4, -0.2) is 68.7 Å². The lowest BCUT2D eigenvalue weighted by Crippen LogP contribution is -2.50. The molecule has 3 aromatic rings. The second-order valence-corrected chi connectivity index (χ2v) is 10.1. The maximum Gasteiger partial charge on any atom is 0.418 e. The van der Waals surface area contributed by atoms with Crippen molar-refractivity contribution in [1.82, 2.24) is 24.8 Å². The Morgan fingerprint density at radius 1 is 1.10 bits per heavy atom. The zero-order chi connectivity index (χ0) is 28.3. The molecular formula is C23H22ClF3N8O3S. The zero-order valence-corrected chi connectivity index (χ0v) is 22.0. The van der Waals surface area contributed by atoms with Crippen LogP contribution in [-0.2, 0) is 6.18 Å². The van der Waals surface area contributed by atoms with Gasteiger partial charge in [0.05, 0.1) is 21.8 Å². The number of aromatic nitrogens is 4. The second-order valence-electron chi connectivity index (χ2n) is 8.67. The molecule has 0 spiro atoms. The van der Waals surface area contributed by atoms with Crippen LogP contribution < -0.4 is 16.0 Å². The van der Waals surface area contributed by atoms with Crippen molar-refractivity contribution in [1.29, 1.82) is 0 Å². The number of carbonyl (C=O) groups is 3. The number of ketones is 1. The van der Waals surface area contributed by atoms with E-state index < -0.39 is 28.7 Å². The number of alkyl halides is 3. The first kappa shape index (κ1) is 28.2. The first-order valence-corrected chi connectivity index (χ1v) is 12.8. The number of urea groups is 1. The summed E-state index contributed by atoms with van der Waals surface area (Å²) in [5, 5.41) is 2.22. The molecule has 1 aliphatic rings. The van der Waals surface area contributed by atoms with Crippen LogP contribution in [0.3, 0.4) is 0 Å². The van der Waals surface area contributed by atoms with E-state index in [0.717, 1.165) is 17.5 Å². The standard InChI is InChI=1S/C23H22ClF3N8O3S/c1-12(6-16(36)15-8-19(32-11-31-15)34-2-4-35(5-3-34)22(28)38)21-30-10-17(39-21)20(37)33-18-7-13(23(25,26)27)14(24)9-29-18/h7-12H,2-6H2,1H3,(H2,28,38)(H,29,33,37)/t12-/m0/s1. The molecule has 3 amide bonds. The lowest BCUT2D eigenvalue weighted by Gasteiger charge is -2.34. The molecule has 1 fully saturated rings. The van der Waals surface area contributed by atoms with Crippen molar-refractivity contribution in [3.63, 3.8) is 0 Å². The lowest BCUT2D eigenvalue weighted by molar-refractivity contribution is -0.137. The highest BCUT2D eigenvalue weighted by atomic mass is 35.5. The van der Waals surface area contributed by atoms with E-state index in [1.807, 2.05) is 4.90 Å². The Morgan fingerprint density at radius 2 is 1.82 bits per heavy atom. The Morgan fingerprint density at radius 3 is 2.49 bits per heavy atom. The average Bonchev–Trinajstić information content (AvgIpc) is 3.40. The quantitative estimate of drug-likeness (QED) is 0.399. The zero-order valence-electron chi connectivity index (χ0n) is 20.4. The van der Waals surface area contributed by atoms with Gasteiger partial charge in [0.25, 0.3) is 5.91 Å². The van der Waals surface area contributed by atoms with Gasteiger partial charge in [-0.25, -0.2) is 24.7 Å². The van der Waals surface area contributed by atoms with Gasteiger partial charge in [-0.3, -0.25) is 9.59 Å². The number of hydrogen-bond donors (Lipinski definition) is 2. The van der Waals surface area contributed by atoms with Gasteiger partial charge in [0.2, 0.25) is 0 Å². The third-order valence-corrected chi connectivity index (χ3v) is 7.45. The van der Waals surface area contributed by atoms with Gasteiger partial charge in [0.1, 0.15) is 28.5 Å². The van der Waals surface area contributed by atoms with Crippen molar-refractivity contribution < 1.29 is 27.6 Å². The number of hydrogen-bond acceptors (Lipinski definition) is 9. The Labute approximate surface area is 229 Å². The molecule has 206 valence electrons. The maximum atomic E-state index is 13.1. The molecule has 3 N–H and O–H groups in total. The average molecular weight is 583 g/mol. The fourth-order valence-corrected chi connectivity index (χ4v) is 4.90. The number of pyridine rings is 1. The minimum atomic E-state index is -4.70. The summed E-state index contributed by atoms with van der Waals surface area (Å²) in [6, 6.07) is 1.75. The molecular weight excluding hydrogens is 561 g/mol.